The maximum absolute atomic E-state index is 14.1. The molecule has 1 aliphatic heterocycles. The second-order valence-corrected chi connectivity index (χ2v) is 5.68. The molecule has 0 aromatic heterocycles. The number of para-hydroxylation sites is 1. The van der Waals surface area contributed by atoms with Gasteiger partial charge in [-0.25, -0.2) is 4.39 Å². The number of anilines is 2. The molecule has 0 atom stereocenters. The van der Waals surface area contributed by atoms with Crippen molar-refractivity contribution in [2.45, 2.75) is 19.3 Å². The Morgan fingerprint density at radius 3 is 2.62 bits per heavy atom. The van der Waals surface area contributed by atoms with Crippen LogP contribution in [0, 0.1) is 5.82 Å². The number of fused-ring (bicyclic) bond motifs is 1. The lowest BCUT2D eigenvalue weighted by molar-refractivity contribution is 0.625. The van der Waals surface area contributed by atoms with Gasteiger partial charge in [-0.1, -0.05) is 36.5 Å². The quantitative estimate of drug-likeness (QED) is 0.852. The second kappa shape index (κ2) is 5.82. The van der Waals surface area contributed by atoms with Crippen molar-refractivity contribution in [3.63, 3.8) is 0 Å². The van der Waals surface area contributed by atoms with Crippen LogP contribution in [0.2, 0.25) is 0 Å². The summed E-state index contributed by atoms with van der Waals surface area (Å²) in [6.07, 6.45) is 3.23. The Labute approximate surface area is 129 Å². The van der Waals surface area contributed by atoms with Crippen molar-refractivity contribution in [3.05, 3.63) is 59.4 Å². The highest BCUT2D eigenvalue weighted by Crippen LogP contribution is 2.35. The lowest BCUT2D eigenvalue weighted by Crippen LogP contribution is -2.23. The lowest BCUT2D eigenvalue weighted by atomic mass is 10.1. The van der Waals surface area contributed by atoms with E-state index in [1.807, 2.05) is 18.2 Å². The Bertz CT molecular complexity index is 684. The number of hydrogen-bond donors (Lipinski definition) is 1. The SMILES string of the molecule is NC(=S)c1c(F)cccc1N1CCCCc2ccccc21. The van der Waals surface area contributed by atoms with E-state index in [-0.39, 0.29) is 10.8 Å². The Hall–Kier alpha value is -1.94. The monoisotopic (exact) mass is 300 g/mol. The predicted octanol–water partition coefficient (Wildman–Crippen LogP) is 3.93. The fourth-order valence-electron chi connectivity index (χ4n) is 2.92. The highest BCUT2D eigenvalue weighted by atomic mass is 32.1. The molecule has 3 rings (SSSR count). The van der Waals surface area contributed by atoms with E-state index in [1.165, 1.54) is 11.6 Å². The van der Waals surface area contributed by atoms with Crippen LogP contribution in [0.5, 0.6) is 0 Å². The number of nitrogens with zero attached hydrogens (tertiary/aromatic N) is 1. The molecular weight excluding hydrogens is 283 g/mol. The Balaban J connectivity index is 2.17. The molecule has 2 N–H and O–H groups in total. The van der Waals surface area contributed by atoms with Crippen LogP contribution in [0.3, 0.4) is 0 Å². The average molecular weight is 300 g/mol. The van der Waals surface area contributed by atoms with Gasteiger partial charge in [-0.2, -0.15) is 0 Å². The van der Waals surface area contributed by atoms with E-state index >= 15 is 0 Å². The first-order chi connectivity index (χ1) is 10.2. The molecular formula is C17H17FN2S. The fourth-order valence-corrected chi connectivity index (χ4v) is 3.13. The third kappa shape index (κ3) is 2.63. The Kier molecular flexibility index (Phi) is 3.88. The first-order valence-corrected chi connectivity index (χ1v) is 7.53. The smallest absolute Gasteiger partial charge is 0.135 e. The van der Waals surface area contributed by atoms with Crippen molar-refractivity contribution in [2.24, 2.45) is 5.73 Å². The van der Waals surface area contributed by atoms with E-state index in [0.29, 0.717) is 5.56 Å². The fraction of sp³-hybridized carbons (Fsp3) is 0.235. The molecule has 0 spiro atoms. The first-order valence-electron chi connectivity index (χ1n) is 7.12. The summed E-state index contributed by atoms with van der Waals surface area (Å²) in [5.41, 5.74) is 9.25. The molecule has 0 saturated carbocycles. The summed E-state index contributed by atoms with van der Waals surface area (Å²) in [7, 11) is 0. The van der Waals surface area contributed by atoms with Crippen molar-refractivity contribution >= 4 is 28.6 Å². The predicted molar refractivity (Wildman–Crippen MR) is 88.7 cm³/mol. The van der Waals surface area contributed by atoms with Crippen molar-refractivity contribution in [2.75, 3.05) is 11.4 Å². The molecule has 21 heavy (non-hydrogen) atoms. The van der Waals surface area contributed by atoms with Gasteiger partial charge in [-0.05, 0) is 43.0 Å². The molecule has 0 aliphatic carbocycles. The van der Waals surface area contributed by atoms with E-state index in [1.54, 1.807) is 6.07 Å². The average Bonchev–Trinajstić information content (AvgIpc) is 2.68. The molecule has 0 fully saturated rings. The zero-order valence-electron chi connectivity index (χ0n) is 11.7. The van der Waals surface area contributed by atoms with Crippen molar-refractivity contribution < 1.29 is 4.39 Å². The van der Waals surface area contributed by atoms with E-state index in [9.17, 15) is 4.39 Å². The number of thiocarbonyl (C=S) groups is 1. The van der Waals surface area contributed by atoms with E-state index in [2.05, 4.69) is 17.0 Å². The van der Waals surface area contributed by atoms with Gasteiger partial charge >= 0.3 is 0 Å². The van der Waals surface area contributed by atoms with Crippen LogP contribution in [-0.4, -0.2) is 11.5 Å². The Morgan fingerprint density at radius 1 is 1.05 bits per heavy atom. The van der Waals surface area contributed by atoms with Gasteiger partial charge in [0.25, 0.3) is 0 Å². The third-order valence-electron chi connectivity index (χ3n) is 3.89. The first kappa shape index (κ1) is 14.0. The number of halogens is 1. The minimum atomic E-state index is -0.360. The summed E-state index contributed by atoms with van der Waals surface area (Å²) in [6, 6.07) is 13.3. The molecule has 0 radical (unpaired) electrons. The van der Waals surface area contributed by atoms with Crippen LogP contribution >= 0.6 is 12.2 Å². The van der Waals surface area contributed by atoms with Crippen molar-refractivity contribution in [1.82, 2.24) is 0 Å². The molecule has 0 bridgehead atoms. The van der Waals surface area contributed by atoms with Gasteiger partial charge in [0, 0.05) is 12.2 Å². The zero-order valence-corrected chi connectivity index (χ0v) is 12.5. The number of hydrogen-bond acceptors (Lipinski definition) is 2. The van der Waals surface area contributed by atoms with Crippen LogP contribution in [0.25, 0.3) is 0 Å². The summed E-state index contributed by atoms with van der Waals surface area (Å²) in [6.45, 7) is 0.843. The molecule has 2 nitrogen and oxygen atoms in total. The molecule has 108 valence electrons. The highest BCUT2D eigenvalue weighted by Gasteiger charge is 2.21. The molecule has 1 aliphatic rings. The standard InChI is InChI=1S/C17H17FN2S/c18-13-8-5-10-15(16(13)17(19)21)20-11-4-3-7-12-6-1-2-9-14(12)20/h1-2,5-6,8-10H,3-4,7,11H2,(H2,19,21). The van der Waals surface area contributed by atoms with Gasteiger partial charge in [0.1, 0.15) is 10.8 Å². The van der Waals surface area contributed by atoms with Crippen LogP contribution in [0.15, 0.2) is 42.5 Å². The molecule has 2 aromatic rings. The van der Waals surface area contributed by atoms with Gasteiger partial charge in [-0.15, -0.1) is 0 Å². The summed E-state index contributed by atoms with van der Waals surface area (Å²) in [5.74, 6) is -0.360. The summed E-state index contributed by atoms with van der Waals surface area (Å²) in [4.78, 5) is 2.24. The van der Waals surface area contributed by atoms with Gasteiger partial charge in [0.2, 0.25) is 0 Å². The van der Waals surface area contributed by atoms with E-state index < -0.39 is 0 Å². The molecule has 0 unspecified atom stereocenters. The summed E-state index contributed by atoms with van der Waals surface area (Å²) < 4.78 is 14.1. The summed E-state index contributed by atoms with van der Waals surface area (Å²) in [5, 5.41) is 0. The summed E-state index contributed by atoms with van der Waals surface area (Å²) >= 11 is 5.05. The molecule has 2 aromatic carbocycles. The topological polar surface area (TPSA) is 29.3 Å². The molecule has 1 heterocycles. The van der Waals surface area contributed by atoms with Crippen molar-refractivity contribution in [1.29, 1.82) is 0 Å². The maximum Gasteiger partial charge on any atom is 0.135 e. The van der Waals surface area contributed by atoms with Gasteiger partial charge in [-0.3, -0.25) is 0 Å². The number of rotatable bonds is 2. The van der Waals surface area contributed by atoms with Gasteiger partial charge in [0.15, 0.2) is 0 Å². The molecule has 0 saturated heterocycles. The van der Waals surface area contributed by atoms with E-state index in [0.717, 1.165) is 37.2 Å². The second-order valence-electron chi connectivity index (χ2n) is 5.24. The molecule has 0 amide bonds. The third-order valence-corrected chi connectivity index (χ3v) is 4.09. The van der Waals surface area contributed by atoms with Crippen LogP contribution in [-0.2, 0) is 6.42 Å². The van der Waals surface area contributed by atoms with Crippen LogP contribution in [0.1, 0.15) is 24.0 Å². The van der Waals surface area contributed by atoms with E-state index in [4.69, 9.17) is 18.0 Å². The molecule has 4 heteroatoms. The van der Waals surface area contributed by atoms with Crippen LogP contribution in [0.4, 0.5) is 15.8 Å². The van der Waals surface area contributed by atoms with Gasteiger partial charge in [0.05, 0.1) is 11.3 Å². The zero-order chi connectivity index (χ0) is 14.8. The minimum Gasteiger partial charge on any atom is -0.389 e. The Morgan fingerprint density at radius 2 is 1.81 bits per heavy atom. The number of nitrogens with two attached hydrogens (primary N) is 1. The number of benzene rings is 2. The van der Waals surface area contributed by atoms with Gasteiger partial charge < -0.3 is 10.6 Å². The lowest BCUT2D eigenvalue weighted by Gasteiger charge is -2.27. The van der Waals surface area contributed by atoms with Crippen LogP contribution < -0.4 is 10.6 Å². The van der Waals surface area contributed by atoms with Crippen molar-refractivity contribution in [3.8, 4) is 0 Å². The highest BCUT2D eigenvalue weighted by molar-refractivity contribution is 7.80. The normalized spacial score (nSPS) is 14.4. The number of aryl methyl sites for hydroxylation is 1. The maximum atomic E-state index is 14.1. The minimum absolute atomic E-state index is 0.102. The largest absolute Gasteiger partial charge is 0.389 e.